The number of imidazole rings is 1. The van der Waals surface area contributed by atoms with Crippen molar-refractivity contribution < 1.29 is 4.85 Å². The van der Waals surface area contributed by atoms with Gasteiger partial charge in [-0.2, -0.15) is 0 Å². The molecule has 6 nitrogen and oxygen atoms in total. The third-order valence-corrected chi connectivity index (χ3v) is 2.51. The normalized spacial score (nSPS) is 10.9. The van der Waals surface area contributed by atoms with Gasteiger partial charge in [-0.1, -0.05) is 11.6 Å². The van der Waals surface area contributed by atoms with Gasteiger partial charge in [0.05, 0.1) is 5.10 Å². The third kappa shape index (κ3) is 1.68. The summed E-state index contributed by atoms with van der Waals surface area (Å²) in [6.07, 6.45) is 4.78. The summed E-state index contributed by atoms with van der Waals surface area (Å²) in [5.74, 6) is 0.271. The van der Waals surface area contributed by atoms with Gasteiger partial charge in [0, 0.05) is 23.5 Å². The first kappa shape index (κ1) is 9.98. The molecule has 0 atom stereocenters. The van der Waals surface area contributed by atoms with Crippen molar-refractivity contribution in [2.24, 2.45) is 0 Å². The quantitative estimate of drug-likeness (QED) is 0.477. The molecule has 0 saturated heterocycles. The monoisotopic (exact) mass is 247 g/mol. The molecule has 2 aromatic heterocycles. The Morgan fingerprint density at radius 3 is 3.00 bits per heavy atom. The van der Waals surface area contributed by atoms with E-state index in [1.807, 2.05) is 0 Å². The highest BCUT2D eigenvalue weighted by molar-refractivity contribution is 6.31. The Labute approximate surface area is 101 Å². The summed E-state index contributed by atoms with van der Waals surface area (Å²) in [7, 11) is 0. The van der Waals surface area contributed by atoms with Crippen LogP contribution in [0.15, 0.2) is 36.9 Å². The molecule has 0 saturated carbocycles. The standard InChI is InChI=1S/C10H6ClN5O/c11-7-1-2-8-9(5-7)16(17)14-10(13-8)15-4-3-12-6-15/h1-6H. The molecule has 3 rings (SSSR count). The van der Waals surface area contributed by atoms with E-state index in [-0.39, 0.29) is 5.95 Å². The molecule has 0 unspecified atom stereocenters. The summed E-state index contributed by atoms with van der Waals surface area (Å²) in [5.41, 5.74) is 0.865. The van der Waals surface area contributed by atoms with Crippen molar-refractivity contribution in [2.45, 2.75) is 0 Å². The van der Waals surface area contributed by atoms with Crippen molar-refractivity contribution >= 4 is 22.6 Å². The van der Waals surface area contributed by atoms with E-state index >= 15 is 0 Å². The first-order valence-electron chi connectivity index (χ1n) is 4.79. The molecule has 0 amide bonds. The van der Waals surface area contributed by atoms with Crippen LogP contribution in [0.1, 0.15) is 0 Å². The Kier molecular flexibility index (Phi) is 2.15. The van der Waals surface area contributed by atoms with Crippen LogP contribution in [0.25, 0.3) is 17.0 Å². The summed E-state index contributed by atoms with van der Waals surface area (Å²) in [5, 5.41) is 16.0. The average molecular weight is 248 g/mol. The Hall–Kier alpha value is -2.21. The minimum Gasteiger partial charge on any atom is -0.594 e. The second-order valence-electron chi connectivity index (χ2n) is 3.39. The van der Waals surface area contributed by atoms with Crippen molar-refractivity contribution in [2.75, 3.05) is 0 Å². The molecule has 0 bridgehead atoms. The highest BCUT2D eigenvalue weighted by Crippen LogP contribution is 2.14. The number of hydrogen-bond acceptors (Lipinski definition) is 4. The molecule has 0 aliphatic heterocycles. The fraction of sp³-hybridized carbons (Fsp3) is 0. The molecule has 0 aliphatic rings. The predicted molar refractivity (Wildman–Crippen MR) is 60.6 cm³/mol. The van der Waals surface area contributed by atoms with E-state index < -0.39 is 0 Å². The van der Waals surface area contributed by atoms with Crippen LogP contribution in [0.5, 0.6) is 0 Å². The highest BCUT2D eigenvalue weighted by atomic mass is 35.5. The first-order chi connectivity index (χ1) is 8.24. The van der Waals surface area contributed by atoms with Crippen molar-refractivity contribution in [3.63, 3.8) is 0 Å². The zero-order valence-electron chi connectivity index (χ0n) is 8.49. The van der Waals surface area contributed by atoms with Gasteiger partial charge < -0.3 is 5.21 Å². The van der Waals surface area contributed by atoms with Crippen molar-refractivity contribution in [1.29, 1.82) is 0 Å². The second kappa shape index (κ2) is 3.67. The minimum atomic E-state index is 0.271. The number of benzene rings is 1. The molecule has 84 valence electrons. The summed E-state index contributed by atoms with van der Waals surface area (Å²) in [6, 6.07) is 4.88. The van der Waals surface area contributed by atoms with Crippen molar-refractivity contribution in [3.05, 3.63) is 47.1 Å². The van der Waals surface area contributed by atoms with E-state index in [2.05, 4.69) is 15.1 Å². The Balaban J connectivity index is 2.28. The van der Waals surface area contributed by atoms with Crippen LogP contribution in [-0.4, -0.2) is 19.6 Å². The van der Waals surface area contributed by atoms with Gasteiger partial charge in [0.25, 0.3) is 5.52 Å². The van der Waals surface area contributed by atoms with Crippen LogP contribution < -0.4 is 4.85 Å². The highest BCUT2D eigenvalue weighted by Gasteiger charge is 2.12. The molecule has 0 fully saturated rings. The van der Waals surface area contributed by atoms with Crippen LogP contribution in [0, 0.1) is 5.21 Å². The van der Waals surface area contributed by atoms with Crippen molar-refractivity contribution in [1.82, 2.24) is 19.6 Å². The maximum absolute atomic E-state index is 11.7. The lowest BCUT2D eigenvalue weighted by atomic mass is 10.3. The van der Waals surface area contributed by atoms with Crippen LogP contribution in [0.2, 0.25) is 5.02 Å². The second-order valence-corrected chi connectivity index (χ2v) is 3.82. The van der Waals surface area contributed by atoms with Gasteiger partial charge in [0.15, 0.2) is 0 Å². The van der Waals surface area contributed by atoms with Crippen molar-refractivity contribution in [3.8, 4) is 5.95 Å². The molecule has 0 N–H and O–H groups in total. The molecule has 3 aromatic rings. The number of aromatic nitrogens is 5. The number of nitrogens with zero attached hydrogens (tertiary/aromatic N) is 5. The number of rotatable bonds is 1. The zero-order chi connectivity index (χ0) is 11.8. The molecule has 2 heterocycles. The molecular formula is C10H6ClN5O. The maximum Gasteiger partial charge on any atom is 0.302 e. The number of halogens is 1. The Bertz CT molecular complexity index is 682. The van der Waals surface area contributed by atoms with Gasteiger partial charge in [-0.05, 0) is 17.0 Å². The molecular weight excluding hydrogens is 242 g/mol. The predicted octanol–water partition coefficient (Wildman–Crippen LogP) is 1.10. The molecule has 0 aliphatic carbocycles. The maximum atomic E-state index is 11.7. The minimum absolute atomic E-state index is 0.271. The van der Waals surface area contributed by atoms with E-state index in [4.69, 9.17) is 11.6 Å². The van der Waals surface area contributed by atoms with Crippen LogP contribution in [0.3, 0.4) is 0 Å². The topological polar surface area (TPSA) is 70.5 Å². The molecule has 1 aromatic carbocycles. The van der Waals surface area contributed by atoms with Crippen LogP contribution >= 0.6 is 11.6 Å². The zero-order valence-corrected chi connectivity index (χ0v) is 9.24. The third-order valence-electron chi connectivity index (χ3n) is 2.28. The lowest BCUT2D eigenvalue weighted by molar-refractivity contribution is -0.642. The fourth-order valence-electron chi connectivity index (χ4n) is 1.50. The summed E-state index contributed by atoms with van der Waals surface area (Å²) >= 11 is 5.81. The summed E-state index contributed by atoms with van der Waals surface area (Å²) in [4.78, 5) is 8.63. The smallest absolute Gasteiger partial charge is 0.302 e. The number of hydrogen-bond donors (Lipinski definition) is 0. The van der Waals surface area contributed by atoms with Gasteiger partial charge in [0.1, 0.15) is 11.8 Å². The lowest BCUT2D eigenvalue weighted by Crippen LogP contribution is -2.34. The fourth-order valence-corrected chi connectivity index (χ4v) is 1.66. The average Bonchev–Trinajstić information content (AvgIpc) is 2.83. The van der Waals surface area contributed by atoms with E-state index in [1.54, 1.807) is 29.1 Å². The van der Waals surface area contributed by atoms with Gasteiger partial charge in [-0.3, -0.25) is 4.57 Å². The SMILES string of the molecule is [O-][n+]1nc(-n2ccnc2)nc2ccc(Cl)cc21. The largest absolute Gasteiger partial charge is 0.594 e. The Morgan fingerprint density at radius 1 is 1.35 bits per heavy atom. The van der Waals surface area contributed by atoms with Crippen LogP contribution in [-0.2, 0) is 0 Å². The van der Waals surface area contributed by atoms with E-state index in [0.29, 0.717) is 20.9 Å². The van der Waals surface area contributed by atoms with E-state index in [1.165, 1.54) is 12.4 Å². The first-order valence-corrected chi connectivity index (χ1v) is 5.17. The molecule has 7 heteroatoms. The molecule has 0 radical (unpaired) electrons. The summed E-state index contributed by atoms with van der Waals surface area (Å²) < 4.78 is 1.56. The van der Waals surface area contributed by atoms with Gasteiger partial charge in [0.2, 0.25) is 0 Å². The Morgan fingerprint density at radius 2 is 2.24 bits per heavy atom. The van der Waals surface area contributed by atoms with E-state index in [9.17, 15) is 5.21 Å². The molecule has 17 heavy (non-hydrogen) atoms. The molecule has 0 spiro atoms. The summed E-state index contributed by atoms with van der Waals surface area (Å²) in [6.45, 7) is 0. The lowest BCUT2D eigenvalue weighted by Gasteiger charge is -2.02. The number of fused-ring (bicyclic) bond motifs is 1. The van der Waals surface area contributed by atoms with Gasteiger partial charge >= 0.3 is 5.95 Å². The van der Waals surface area contributed by atoms with Gasteiger partial charge in [-0.15, -0.1) is 0 Å². The van der Waals surface area contributed by atoms with E-state index in [0.717, 1.165) is 0 Å². The van der Waals surface area contributed by atoms with Crippen LogP contribution in [0.4, 0.5) is 0 Å². The van der Waals surface area contributed by atoms with Gasteiger partial charge in [-0.25, -0.2) is 9.97 Å².